The van der Waals surface area contributed by atoms with Crippen molar-refractivity contribution in [3.8, 4) is 11.8 Å². The molecule has 5 nitrogen and oxygen atoms in total. The van der Waals surface area contributed by atoms with Crippen LogP contribution in [0.25, 0.3) is 0 Å². The zero-order valence-corrected chi connectivity index (χ0v) is 11.0. The van der Waals surface area contributed by atoms with E-state index < -0.39 is 0 Å². The molecule has 2 N–H and O–H groups in total. The Balaban J connectivity index is 2.27. The van der Waals surface area contributed by atoms with Gasteiger partial charge in [-0.05, 0) is 36.2 Å². The summed E-state index contributed by atoms with van der Waals surface area (Å²) in [5, 5.41) is 16.7. The van der Waals surface area contributed by atoms with E-state index in [0.29, 0.717) is 11.3 Å². The van der Waals surface area contributed by atoms with Crippen LogP contribution in [0.5, 0.6) is 0 Å². The standard InChI is InChI=1S/C13H11N3O2S/c1-9-4-5-11(10(7-9)3-2-6-17)14-13(18)12-8-19-16-15-12/h4-5,7-8,17H,6H2,1H3,(H,14,18). The number of hydrogen-bond donors (Lipinski definition) is 2. The highest BCUT2D eigenvalue weighted by molar-refractivity contribution is 7.03. The van der Waals surface area contributed by atoms with E-state index in [9.17, 15) is 4.79 Å². The summed E-state index contributed by atoms with van der Waals surface area (Å²) >= 11 is 1.12. The third-order valence-electron chi connectivity index (χ3n) is 2.32. The largest absolute Gasteiger partial charge is 0.384 e. The summed E-state index contributed by atoms with van der Waals surface area (Å²) < 4.78 is 3.64. The molecule has 0 spiro atoms. The van der Waals surface area contributed by atoms with E-state index in [0.717, 1.165) is 17.1 Å². The van der Waals surface area contributed by atoms with Crippen molar-refractivity contribution in [2.24, 2.45) is 0 Å². The fourth-order valence-corrected chi connectivity index (χ4v) is 1.89. The third kappa shape index (κ3) is 3.37. The predicted octanol–water partition coefficient (Wildman–Crippen LogP) is 1.44. The first-order valence-corrected chi connectivity index (χ1v) is 6.33. The Bertz CT molecular complexity index is 642. The van der Waals surface area contributed by atoms with E-state index in [1.54, 1.807) is 11.4 Å². The topological polar surface area (TPSA) is 75.1 Å². The molecule has 2 aromatic rings. The average molecular weight is 273 g/mol. The maximum absolute atomic E-state index is 11.9. The van der Waals surface area contributed by atoms with Gasteiger partial charge in [-0.1, -0.05) is 22.4 Å². The number of nitrogens with one attached hydrogen (secondary N) is 1. The molecule has 1 aromatic heterocycles. The molecule has 0 aliphatic heterocycles. The molecule has 1 amide bonds. The van der Waals surface area contributed by atoms with Gasteiger partial charge < -0.3 is 10.4 Å². The SMILES string of the molecule is Cc1ccc(NC(=O)c2csnn2)c(C#CCO)c1. The quantitative estimate of drug-likeness (QED) is 0.812. The van der Waals surface area contributed by atoms with Gasteiger partial charge in [-0.2, -0.15) is 0 Å². The summed E-state index contributed by atoms with van der Waals surface area (Å²) in [7, 11) is 0. The summed E-state index contributed by atoms with van der Waals surface area (Å²) in [4.78, 5) is 11.9. The number of aliphatic hydroxyl groups excluding tert-OH is 1. The molecule has 19 heavy (non-hydrogen) atoms. The van der Waals surface area contributed by atoms with Crippen LogP contribution in [-0.2, 0) is 0 Å². The number of rotatable bonds is 2. The molecule has 0 atom stereocenters. The van der Waals surface area contributed by atoms with Crippen LogP contribution in [0.2, 0.25) is 0 Å². The van der Waals surface area contributed by atoms with Crippen LogP contribution in [0.3, 0.4) is 0 Å². The molecular formula is C13H11N3O2S. The molecule has 0 aliphatic carbocycles. The zero-order chi connectivity index (χ0) is 13.7. The second kappa shape index (κ2) is 6.09. The second-order valence-corrected chi connectivity index (χ2v) is 4.36. The molecule has 1 heterocycles. The van der Waals surface area contributed by atoms with Crippen molar-refractivity contribution in [3.05, 3.63) is 40.4 Å². The van der Waals surface area contributed by atoms with Crippen LogP contribution in [0.15, 0.2) is 23.6 Å². The van der Waals surface area contributed by atoms with Crippen LogP contribution in [-0.4, -0.2) is 27.2 Å². The number of hydrogen-bond acceptors (Lipinski definition) is 5. The number of nitrogens with zero attached hydrogens (tertiary/aromatic N) is 2. The summed E-state index contributed by atoms with van der Waals surface area (Å²) in [6, 6.07) is 5.49. The highest BCUT2D eigenvalue weighted by Crippen LogP contribution is 2.17. The summed E-state index contributed by atoms with van der Waals surface area (Å²) in [5.41, 5.74) is 2.54. The highest BCUT2D eigenvalue weighted by atomic mass is 32.1. The van der Waals surface area contributed by atoms with Gasteiger partial charge in [-0.15, -0.1) is 5.10 Å². The number of carbonyl (C=O) groups excluding carboxylic acids is 1. The molecular weight excluding hydrogens is 262 g/mol. The summed E-state index contributed by atoms with van der Waals surface area (Å²) in [6.07, 6.45) is 0. The van der Waals surface area contributed by atoms with E-state index in [-0.39, 0.29) is 18.2 Å². The molecule has 0 unspecified atom stereocenters. The summed E-state index contributed by atoms with van der Waals surface area (Å²) in [5.74, 6) is 5.05. The maximum Gasteiger partial charge on any atom is 0.277 e. The molecule has 1 aromatic carbocycles. The number of aromatic nitrogens is 2. The van der Waals surface area contributed by atoms with Crippen LogP contribution >= 0.6 is 11.5 Å². The van der Waals surface area contributed by atoms with E-state index in [2.05, 4.69) is 26.7 Å². The Morgan fingerprint density at radius 3 is 3.05 bits per heavy atom. The second-order valence-electron chi connectivity index (χ2n) is 3.75. The lowest BCUT2D eigenvalue weighted by molar-refractivity contribution is 0.102. The van der Waals surface area contributed by atoms with Gasteiger partial charge in [-0.3, -0.25) is 4.79 Å². The first-order valence-electron chi connectivity index (χ1n) is 5.49. The molecule has 6 heteroatoms. The van der Waals surface area contributed by atoms with Gasteiger partial charge in [0.15, 0.2) is 5.69 Å². The minimum Gasteiger partial charge on any atom is -0.384 e. The van der Waals surface area contributed by atoms with Crippen molar-refractivity contribution < 1.29 is 9.90 Å². The van der Waals surface area contributed by atoms with Crippen molar-refractivity contribution in [1.82, 2.24) is 9.59 Å². The smallest absolute Gasteiger partial charge is 0.277 e. The van der Waals surface area contributed by atoms with E-state index >= 15 is 0 Å². The van der Waals surface area contributed by atoms with Gasteiger partial charge in [0.25, 0.3) is 5.91 Å². The Morgan fingerprint density at radius 1 is 1.53 bits per heavy atom. The normalized spacial score (nSPS) is 9.58. The molecule has 0 fully saturated rings. The first-order chi connectivity index (χ1) is 9.20. The molecule has 0 radical (unpaired) electrons. The maximum atomic E-state index is 11.9. The fourth-order valence-electron chi connectivity index (χ4n) is 1.46. The third-order valence-corrected chi connectivity index (χ3v) is 2.82. The van der Waals surface area contributed by atoms with Crippen molar-refractivity contribution in [3.63, 3.8) is 0 Å². The van der Waals surface area contributed by atoms with Gasteiger partial charge in [0.05, 0.1) is 5.69 Å². The Morgan fingerprint density at radius 2 is 2.37 bits per heavy atom. The fraction of sp³-hybridized carbons (Fsp3) is 0.154. The molecule has 0 bridgehead atoms. The monoisotopic (exact) mass is 273 g/mol. The van der Waals surface area contributed by atoms with Gasteiger partial charge in [0.2, 0.25) is 0 Å². The Hall–Kier alpha value is -2.23. The van der Waals surface area contributed by atoms with Crippen molar-refractivity contribution in [1.29, 1.82) is 0 Å². The average Bonchev–Trinajstić information content (AvgIpc) is 2.93. The lowest BCUT2D eigenvalue weighted by Gasteiger charge is -2.06. The number of benzene rings is 1. The number of carbonyl (C=O) groups is 1. The van der Waals surface area contributed by atoms with Crippen LogP contribution in [0, 0.1) is 18.8 Å². The number of aryl methyl sites for hydroxylation is 1. The first kappa shape index (κ1) is 13.2. The van der Waals surface area contributed by atoms with Gasteiger partial charge in [0, 0.05) is 10.9 Å². The lowest BCUT2D eigenvalue weighted by atomic mass is 10.1. The predicted molar refractivity (Wildman–Crippen MR) is 73.0 cm³/mol. The van der Waals surface area contributed by atoms with Gasteiger partial charge in [0.1, 0.15) is 6.61 Å². The van der Waals surface area contributed by atoms with E-state index in [1.807, 2.05) is 19.1 Å². The summed E-state index contributed by atoms with van der Waals surface area (Å²) in [6.45, 7) is 1.71. The number of amides is 1. The van der Waals surface area contributed by atoms with E-state index in [4.69, 9.17) is 5.11 Å². The van der Waals surface area contributed by atoms with E-state index in [1.165, 1.54) is 0 Å². The Kier molecular flexibility index (Phi) is 4.23. The zero-order valence-electron chi connectivity index (χ0n) is 10.2. The minimum atomic E-state index is -0.329. The van der Waals surface area contributed by atoms with Gasteiger partial charge >= 0.3 is 0 Å². The molecule has 0 saturated carbocycles. The van der Waals surface area contributed by atoms with Gasteiger partial charge in [-0.25, -0.2) is 0 Å². The lowest BCUT2D eigenvalue weighted by Crippen LogP contribution is -2.13. The van der Waals surface area contributed by atoms with Crippen LogP contribution in [0.4, 0.5) is 5.69 Å². The molecule has 0 aliphatic rings. The van der Waals surface area contributed by atoms with Crippen molar-refractivity contribution in [2.75, 3.05) is 11.9 Å². The molecule has 0 saturated heterocycles. The Labute approximate surface area is 114 Å². The number of aliphatic hydroxyl groups is 1. The van der Waals surface area contributed by atoms with Crippen molar-refractivity contribution in [2.45, 2.75) is 6.92 Å². The molecule has 96 valence electrons. The highest BCUT2D eigenvalue weighted by Gasteiger charge is 2.10. The minimum absolute atomic E-state index is 0.225. The van der Waals surface area contributed by atoms with Crippen LogP contribution in [0.1, 0.15) is 21.6 Å². The molecule has 2 rings (SSSR count). The van der Waals surface area contributed by atoms with Crippen LogP contribution < -0.4 is 5.32 Å². The number of anilines is 1. The van der Waals surface area contributed by atoms with Crippen molar-refractivity contribution >= 4 is 23.1 Å².